The lowest BCUT2D eigenvalue weighted by Gasteiger charge is -2.28. The highest BCUT2D eigenvalue weighted by molar-refractivity contribution is 6.32. The summed E-state index contributed by atoms with van der Waals surface area (Å²) in [4.78, 5) is 2.31. The Balaban J connectivity index is 2.18. The van der Waals surface area contributed by atoms with Crippen LogP contribution in [0.4, 0.5) is 5.82 Å². The first-order chi connectivity index (χ1) is 7.16. The van der Waals surface area contributed by atoms with E-state index < -0.39 is 0 Å². The fourth-order valence-electron chi connectivity index (χ4n) is 2.00. The Hall–Kier alpha value is -0.870. The molecule has 0 aromatic carbocycles. The lowest BCUT2D eigenvalue weighted by molar-refractivity contribution is 0.248. The first kappa shape index (κ1) is 10.6. The van der Waals surface area contributed by atoms with Crippen molar-refractivity contribution in [3.8, 4) is 0 Å². The van der Waals surface area contributed by atoms with Gasteiger partial charge in [0.1, 0.15) is 0 Å². The van der Waals surface area contributed by atoms with Gasteiger partial charge in [-0.05, 0) is 32.5 Å². The molecule has 2 rings (SSSR count). The summed E-state index contributed by atoms with van der Waals surface area (Å²) in [6, 6.07) is 1.84. The number of likely N-dealkylation sites (tertiary alicyclic amines) is 1. The molecule has 1 aromatic heterocycles. The molecule has 4 nitrogen and oxygen atoms in total. The van der Waals surface area contributed by atoms with Crippen LogP contribution >= 0.6 is 11.6 Å². The van der Waals surface area contributed by atoms with E-state index in [2.05, 4.69) is 22.1 Å². The van der Waals surface area contributed by atoms with E-state index >= 15 is 0 Å². The lowest BCUT2D eigenvalue weighted by atomic mass is 9.95. The van der Waals surface area contributed by atoms with Crippen LogP contribution in [0, 0.1) is 0 Å². The molecule has 1 aliphatic heterocycles. The van der Waals surface area contributed by atoms with E-state index in [-0.39, 0.29) is 0 Å². The highest BCUT2D eigenvalue weighted by Gasteiger charge is 2.20. The number of anilines is 1. The van der Waals surface area contributed by atoms with Gasteiger partial charge in [-0.25, -0.2) is 0 Å². The number of hydrogen-bond donors (Lipinski definition) is 1. The molecular weight excluding hydrogens is 212 g/mol. The smallest absolute Gasteiger partial charge is 0.164 e. The third-order valence-corrected chi connectivity index (χ3v) is 3.14. The van der Waals surface area contributed by atoms with E-state index in [0.29, 0.717) is 16.8 Å². The molecule has 1 fully saturated rings. The summed E-state index contributed by atoms with van der Waals surface area (Å²) in [5.74, 6) is 0.749. The van der Waals surface area contributed by atoms with Gasteiger partial charge in [0.05, 0.1) is 10.7 Å². The predicted octanol–water partition coefficient (Wildman–Crippen LogP) is 1.52. The maximum absolute atomic E-state index is 5.93. The first-order valence-corrected chi connectivity index (χ1v) is 5.52. The number of likely N-dealkylation sites (N-methyl/N-ethyl adjacent to an activating group) is 1. The topological polar surface area (TPSA) is 55.0 Å². The van der Waals surface area contributed by atoms with Crippen LogP contribution in [0.5, 0.6) is 0 Å². The van der Waals surface area contributed by atoms with Gasteiger partial charge >= 0.3 is 0 Å². The molecule has 2 heterocycles. The average Bonchev–Trinajstić information content (AvgIpc) is 2.22. The number of nitrogen functional groups attached to an aromatic ring is 1. The van der Waals surface area contributed by atoms with Crippen molar-refractivity contribution in [2.45, 2.75) is 18.8 Å². The number of nitrogens with two attached hydrogens (primary N) is 1. The number of halogens is 1. The number of aromatic nitrogens is 2. The van der Waals surface area contributed by atoms with E-state index in [9.17, 15) is 0 Å². The molecule has 0 radical (unpaired) electrons. The molecule has 1 unspecified atom stereocenters. The molecule has 5 heteroatoms. The average molecular weight is 227 g/mol. The SMILES string of the molecule is CN1CCCC(c2cc(Cl)c(N)nn2)C1. The largest absolute Gasteiger partial charge is 0.381 e. The fourth-order valence-corrected chi connectivity index (χ4v) is 2.15. The van der Waals surface area contributed by atoms with Crippen LogP contribution in [-0.4, -0.2) is 35.2 Å². The van der Waals surface area contributed by atoms with Crippen molar-refractivity contribution in [3.05, 3.63) is 16.8 Å². The van der Waals surface area contributed by atoms with Gasteiger partial charge in [-0.15, -0.1) is 5.10 Å². The molecular formula is C10H15ClN4. The van der Waals surface area contributed by atoms with Gasteiger partial charge in [-0.3, -0.25) is 0 Å². The van der Waals surface area contributed by atoms with Gasteiger partial charge in [-0.2, -0.15) is 5.10 Å². The number of rotatable bonds is 1. The van der Waals surface area contributed by atoms with Gasteiger partial charge < -0.3 is 10.6 Å². The standard InChI is InChI=1S/C10H15ClN4/c1-15-4-2-3-7(6-15)9-5-8(11)10(12)14-13-9/h5,7H,2-4,6H2,1H3,(H2,12,14). The zero-order chi connectivity index (χ0) is 10.8. The Morgan fingerprint density at radius 3 is 3.00 bits per heavy atom. The Morgan fingerprint density at radius 1 is 1.53 bits per heavy atom. The van der Waals surface area contributed by atoms with Gasteiger partial charge in [0, 0.05) is 12.5 Å². The molecule has 1 saturated heterocycles. The molecule has 0 saturated carbocycles. The van der Waals surface area contributed by atoms with Gasteiger partial charge in [0.15, 0.2) is 5.82 Å². The van der Waals surface area contributed by atoms with Crippen molar-refractivity contribution in [3.63, 3.8) is 0 Å². The Kier molecular flexibility index (Phi) is 3.07. The van der Waals surface area contributed by atoms with Gasteiger partial charge in [0.2, 0.25) is 0 Å². The summed E-state index contributed by atoms with van der Waals surface area (Å²) < 4.78 is 0. The van der Waals surface area contributed by atoms with Crippen LogP contribution in [0.3, 0.4) is 0 Å². The summed E-state index contributed by atoms with van der Waals surface area (Å²) in [6.07, 6.45) is 2.35. The molecule has 82 valence electrons. The lowest BCUT2D eigenvalue weighted by Crippen LogP contribution is -2.31. The van der Waals surface area contributed by atoms with Crippen molar-refractivity contribution in [1.29, 1.82) is 0 Å². The zero-order valence-corrected chi connectivity index (χ0v) is 9.54. The van der Waals surface area contributed by atoms with E-state index in [4.69, 9.17) is 17.3 Å². The predicted molar refractivity (Wildman–Crippen MR) is 60.9 cm³/mol. The van der Waals surface area contributed by atoms with Crippen molar-refractivity contribution in [1.82, 2.24) is 15.1 Å². The van der Waals surface area contributed by atoms with Gasteiger partial charge in [0.25, 0.3) is 0 Å². The number of nitrogens with zero attached hydrogens (tertiary/aromatic N) is 3. The second-order valence-corrected chi connectivity index (χ2v) is 4.51. The van der Waals surface area contributed by atoms with Crippen molar-refractivity contribution < 1.29 is 0 Å². The van der Waals surface area contributed by atoms with E-state index in [1.54, 1.807) is 0 Å². The second-order valence-electron chi connectivity index (χ2n) is 4.10. The zero-order valence-electron chi connectivity index (χ0n) is 8.78. The minimum Gasteiger partial charge on any atom is -0.381 e. The monoisotopic (exact) mass is 226 g/mol. The normalized spacial score (nSPS) is 22.9. The van der Waals surface area contributed by atoms with Crippen molar-refractivity contribution >= 4 is 17.4 Å². The molecule has 0 amide bonds. The summed E-state index contributed by atoms with van der Waals surface area (Å²) in [6.45, 7) is 2.18. The summed E-state index contributed by atoms with van der Waals surface area (Å²) in [5, 5.41) is 8.47. The molecule has 0 aliphatic carbocycles. The number of hydrogen-bond acceptors (Lipinski definition) is 4. The summed E-state index contributed by atoms with van der Waals surface area (Å²) in [7, 11) is 2.12. The molecule has 15 heavy (non-hydrogen) atoms. The Morgan fingerprint density at radius 2 is 2.33 bits per heavy atom. The Labute approximate surface area is 94.4 Å². The van der Waals surface area contributed by atoms with Crippen LogP contribution in [-0.2, 0) is 0 Å². The minimum atomic E-state index is 0.310. The van der Waals surface area contributed by atoms with Crippen LogP contribution < -0.4 is 5.73 Å². The highest BCUT2D eigenvalue weighted by atomic mass is 35.5. The fraction of sp³-hybridized carbons (Fsp3) is 0.600. The Bertz CT molecular complexity index is 355. The second kappa shape index (κ2) is 4.33. The van der Waals surface area contributed by atoms with Crippen LogP contribution in [0.1, 0.15) is 24.5 Å². The third kappa shape index (κ3) is 2.38. The third-order valence-electron chi connectivity index (χ3n) is 2.84. The minimum absolute atomic E-state index is 0.310. The van der Waals surface area contributed by atoms with E-state index in [0.717, 1.165) is 25.2 Å². The van der Waals surface area contributed by atoms with Crippen molar-refractivity contribution in [2.75, 3.05) is 25.9 Å². The van der Waals surface area contributed by atoms with E-state index in [1.165, 1.54) is 6.42 Å². The van der Waals surface area contributed by atoms with Gasteiger partial charge in [-0.1, -0.05) is 11.6 Å². The quantitative estimate of drug-likeness (QED) is 0.789. The summed E-state index contributed by atoms with van der Waals surface area (Å²) >= 11 is 5.93. The molecule has 2 N–H and O–H groups in total. The maximum Gasteiger partial charge on any atom is 0.164 e. The molecule has 1 atom stereocenters. The molecule has 0 spiro atoms. The maximum atomic E-state index is 5.93. The van der Waals surface area contributed by atoms with Crippen LogP contribution in [0.15, 0.2) is 6.07 Å². The number of piperidine rings is 1. The first-order valence-electron chi connectivity index (χ1n) is 5.14. The highest BCUT2D eigenvalue weighted by Crippen LogP contribution is 2.27. The van der Waals surface area contributed by atoms with Crippen molar-refractivity contribution in [2.24, 2.45) is 0 Å². The van der Waals surface area contributed by atoms with Crippen LogP contribution in [0.25, 0.3) is 0 Å². The molecule has 0 bridgehead atoms. The summed E-state index contributed by atoms with van der Waals surface area (Å²) in [5.41, 5.74) is 6.49. The molecule has 1 aromatic rings. The van der Waals surface area contributed by atoms with Crippen LogP contribution in [0.2, 0.25) is 5.02 Å². The van der Waals surface area contributed by atoms with E-state index in [1.807, 2.05) is 6.07 Å². The molecule has 1 aliphatic rings.